The van der Waals surface area contributed by atoms with Crippen molar-refractivity contribution in [3.05, 3.63) is 30.3 Å². The quantitative estimate of drug-likeness (QED) is 0.717. The molecule has 1 aromatic rings. The lowest BCUT2D eigenvalue weighted by molar-refractivity contribution is 0.223. The third-order valence-corrected chi connectivity index (χ3v) is 5.23. The first kappa shape index (κ1) is 16.2. The van der Waals surface area contributed by atoms with Crippen molar-refractivity contribution in [3.8, 4) is 0 Å². The number of nitrogens with zero attached hydrogens (tertiary/aromatic N) is 2. The molecule has 0 N–H and O–H groups in total. The molecule has 0 bridgehead atoms. The van der Waals surface area contributed by atoms with Crippen LogP contribution in [0.15, 0.2) is 35.4 Å². The Morgan fingerprint density at radius 1 is 1.19 bits per heavy atom. The van der Waals surface area contributed by atoms with Gasteiger partial charge in [0.2, 0.25) is 0 Å². The van der Waals surface area contributed by atoms with E-state index in [1.807, 2.05) is 49.2 Å². The highest BCUT2D eigenvalue weighted by Crippen LogP contribution is 2.48. The minimum absolute atomic E-state index is 0.276. The molecule has 0 saturated carbocycles. The van der Waals surface area contributed by atoms with Crippen molar-refractivity contribution < 1.29 is 13.6 Å². The van der Waals surface area contributed by atoms with Gasteiger partial charge in [-0.1, -0.05) is 18.2 Å². The summed E-state index contributed by atoms with van der Waals surface area (Å²) in [6.07, 6.45) is 2.11. The fraction of sp³-hybridized carbons (Fsp3) is 0.533. The normalized spacial score (nSPS) is 15.9. The smallest absolute Gasteiger partial charge is 0.309 e. The Kier molecular flexibility index (Phi) is 5.97. The van der Waals surface area contributed by atoms with Crippen molar-refractivity contribution in [2.45, 2.75) is 26.7 Å². The van der Waals surface area contributed by atoms with E-state index in [4.69, 9.17) is 9.05 Å². The molecule has 0 aromatic heterocycles. The third kappa shape index (κ3) is 4.67. The van der Waals surface area contributed by atoms with Gasteiger partial charge in [0, 0.05) is 6.54 Å². The first-order valence-electron chi connectivity index (χ1n) is 7.44. The van der Waals surface area contributed by atoms with Gasteiger partial charge in [-0.15, -0.1) is 0 Å². The van der Waals surface area contributed by atoms with Gasteiger partial charge < -0.3 is 9.05 Å². The van der Waals surface area contributed by atoms with E-state index in [0.29, 0.717) is 13.2 Å². The summed E-state index contributed by atoms with van der Waals surface area (Å²) < 4.78 is 23.3. The van der Waals surface area contributed by atoms with Gasteiger partial charge in [-0.3, -0.25) is 9.57 Å². The van der Waals surface area contributed by atoms with E-state index < -0.39 is 7.60 Å². The maximum Gasteiger partial charge on any atom is 0.336 e. The van der Waals surface area contributed by atoms with Crippen LogP contribution in [0.25, 0.3) is 0 Å². The molecule has 0 spiro atoms. The zero-order valence-corrected chi connectivity index (χ0v) is 13.6. The van der Waals surface area contributed by atoms with Gasteiger partial charge in [0.05, 0.1) is 30.8 Å². The van der Waals surface area contributed by atoms with Gasteiger partial charge in [-0.25, -0.2) is 0 Å². The Balaban J connectivity index is 2.11. The van der Waals surface area contributed by atoms with E-state index >= 15 is 0 Å². The minimum atomic E-state index is -3.06. The minimum Gasteiger partial charge on any atom is -0.309 e. The molecule has 1 aliphatic heterocycles. The molecule has 0 aliphatic carbocycles. The van der Waals surface area contributed by atoms with Crippen molar-refractivity contribution in [2.75, 3.05) is 30.9 Å². The predicted molar refractivity (Wildman–Crippen MR) is 86.2 cm³/mol. The lowest BCUT2D eigenvalue weighted by Gasteiger charge is -2.26. The third-order valence-electron chi connectivity index (χ3n) is 3.18. The molecular weight excluding hydrogens is 287 g/mol. The second-order valence-corrected chi connectivity index (χ2v) is 6.89. The Morgan fingerprint density at radius 2 is 1.86 bits per heavy atom. The van der Waals surface area contributed by atoms with Crippen LogP contribution in [0.3, 0.4) is 0 Å². The van der Waals surface area contributed by atoms with Crippen molar-refractivity contribution >= 4 is 19.0 Å². The largest absolute Gasteiger partial charge is 0.336 e. The van der Waals surface area contributed by atoms with E-state index in [-0.39, 0.29) is 6.16 Å². The first-order chi connectivity index (χ1) is 10.2. The van der Waals surface area contributed by atoms with Crippen LogP contribution >= 0.6 is 7.60 Å². The topological polar surface area (TPSA) is 51.1 Å². The van der Waals surface area contributed by atoms with Crippen molar-refractivity contribution in [1.82, 2.24) is 0 Å². The average Bonchev–Trinajstić information content (AvgIpc) is 2.49. The lowest BCUT2D eigenvalue weighted by atomic mass is 10.2. The second kappa shape index (κ2) is 7.74. The molecule has 0 amide bonds. The lowest BCUT2D eigenvalue weighted by Crippen LogP contribution is -2.27. The monoisotopic (exact) mass is 310 g/mol. The molecule has 21 heavy (non-hydrogen) atoms. The predicted octanol–water partition coefficient (Wildman–Crippen LogP) is 3.91. The summed E-state index contributed by atoms with van der Waals surface area (Å²) in [5.41, 5.74) is 1.94. The van der Waals surface area contributed by atoms with Gasteiger partial charge in [0.15, 0.2) is 0 Å². The molecule has 0 fully saturated rings. The van der Waals surface area contributed by atoms with Gasteiger partial charge in [0.25, 0.3) is 0 Å². The molecular formula is C15H23N2O3P. The van der Waals surface area contributed by atoms with Crippen molar-refractivity contribution in [2.24, 2.45) is 5.10 Å². The molecule has 6 heteroatoms. The fourth-order valence-electron chi connectivity index (χ4n) is 2.35. The highest BCUT2D eigenvalue weighted by atomic mass is 31.2. The highest BCUT2D eigenvalue weighted by Gasteiger charge is 2.28. The van der Waals surface area contributed by atoms with Gasteiger partial charge >= 0.3 is 7.60 Å². The summed E-state index contributed by atoms with van der Waals surface area (Å²) in [6.45, 7) is 5.29. The van der Waals surface area contributed by atoms with Gasteiger partial charge in [-0.05, 0) is 38.8 Å². The maximum absolute atomic E-state index is 12.6. The number of anilines is 1. The molecule has 0 atom stereocenters. The van der Waals surface area contributed by atoms with Crippen LogP contribution in [-0.4, -0.2) is 31.6 Å². The maximum atomic E-state index is 12.6. The number of rotatable bonds is 7. The summed E-state index contributed by atoms with van der Waals surface area (Å²) in [4.78, 5) is 0. The zero-order chi connectivity index (χ0) is 15.1. The van der Waals surface area contributed by atoms with Crippen LogP contribution < -0.4 is 5.01 Å². The SMILES string of the molecule is CCOP(=O)(CC1=NN(c2ccccc2)CCC1)OCC. The van der Waals surface area contributed by atoms with Crippen LogP contribution in [0.5, 0.6) is 0 Å². The van der Waals surface area contributed by atoms with Crippen LogP contribution in [-0.2, 0) is 13.6 Å². The molecule has 1 aliphatic rings. The number of hydrogen-bond donors (Lipinski definition) is 0. The number of benzene rings is 1. The molecule has 1 heterocycles. The second-order valence-electron chi connectivity index (χ2n) is 4.83. The highest BCUT2D eigenvalue weighted by molar-refractivity contribution is 7.54. The number of hydrazone groups is 1. The molecule has 1 aromatic carbocycles. The number of hydrogen-bond acceptors (Lipinski definition) is 5. The average molecular weight is 310 g/mol. The Hall–Kier alpha value is -1.16. The van der Waals surface area contributed by atoms with E-state index in [9.17, 15) is 4.57 Å². The Labute approximate surface area is 126 Å². The van der Waals surface area contributed by atoms with E-state index in [1.54, 1.807) is 0 Å². The fourth-order valence-corrected chi connectivity index (χ4v) is 4.06. The van der Waals surface area contributed by atoms with Gasteiger partial charge in [-0.2, -0.15) is 5.10 Å². The molecule has 0 radical (unpaired) electrons. The Bertz CT molecular complexity index is 509. The summed E-state index contributed by atoms with van der Waals surface area (Å²) in [5.74, 6) is 0. The van der Waals surface area contributed by atoms with Crippen molar-refractivity contribution in [1.29, 1.82) is 0 Å². The van der Waals surface area contributed by atoms with Crippen LogP contribution in [0.1, 0.15) is 26.7 Å². The molecule has 116 valence electrons. The standard InChI is InChI=1S/C15H23N2O3P/c1-3-19-21(18,20-4-2)13-14-9-8-12-17(16-14)15-10-6-5-7-11-15/h5-7,10-11H,3-4,8-9,12-13H2,1-2H3. The molecule has 0 unspecified atom stereocenters. The zero-order valence-electron chi connectivity index (χ0n) is 12.7. The Morgan fingerprint density at radius 3 is 2.48 bits per heavy atom. The summed E-state index contributed by atoms with van der Waals surface area (Å²) in [6, 6.07) is 10.0. The molecule has 2 rings (SSSR count). The van der Waals surface area contributed by atoms with E-state index in [1.165, 1.54) is 0 Å². The van der Waals surface area contributed by atoms with Crippen LogP contribution in [0.2, 0.25) is 0 Å². The van der Waals surface area contributed by atoms with Crippen LogP contribution in [0.4, 0.5) is 5.69 Å². The van der Waals surface area contributed by atoms with E-state index in [2.05, 4.69) is 5.10 Å². The number of para-hydroxylation sites is 1. The molecule has 5 nitrogen and oxygen atoms in total. The summed E-state index contributed by atoms with van der Waals surface area (Å²) in [7, 11) is -3.06. The first-order valence-corrected chi connectivity index (χ1v) is 9.16. The van der Waals surface area contributed by atoms with Crippen LogP contribution in [0, 0.1) is 0 Å². The van der Waals surface area contributed by atoms with Crippen molar-refractivity contribution in [3.63, 3.8) is 0 Å². The van der Waals surface area contributed by atoms with E-state index in [0.717, 1.165) is 30.8 Å². The molecule has 0 saturated heterocycles. The summed E-state index contributed by atoms with van der Waals surface area (Å²) >= 11 is 0. The van der Waals surface area contributed by atoms with Gasteiger partial charge in [0.1, 0.15) is 0 Å². The summed E-state index contributed by atoms with van der Waals surface area (Å²) in [5, 5.41) is 6.58.